The third-order valence-corrected chi connectivity index (χ3v) is 2.84. The molecule has 2 nitrogen and oxygen atoms in total. The minimum atomic E-state index is -4.57. The van der Waals surface area contributed by atoms with Crippen molar-refractivity contribution in [1.82, 2.24) is 0 Å². The standard InChI is InChI=1S/C13H15F3O2/c1-9(10-6-4-3-5-7-10)8-11(12(17)18-2)13(14,15)16/h3-7,9,11H,8H2,1-2H3. The van der Waals surface area contributed by atoms with E-state index in [1.807, 2.05) is 0 Å². The van der Waals surface area contributed by atoms with E-state index in [1.165, 1.54) is 0 Å². The molecule has 0 aliphatic carbocycles. The van der Waals surface area contributed by atoms with E-state index in [9.17, 15) is 18.0 Å². The third kappa shape index (κ3) is 3.75. The first-order valence-electron chi connectivity index (χ1n) is 5.55. The SMILES string of the molecule is COC(=O)C(CC(C)c1ccccc1)C(F)(F)F. The molecule has 0 saturated carbocycles. The molecule has 0 heterocycles. The van der Waals surface area contributed by atoms with Gasteiger partial charge in [-0.05, 0) is 17.9 Å². The summed E-state index contributed by atoms with van der Waals surface area (Å²) in [7, 11) is 0.967. The molecule has 0 aromatic heterocycles. The maximum atomic E-state index is 12.7. The van der Waals surface area contributed by atoms with Crippen molar-refractivity contribution in [1.29, 1.82) is 0 Å². The Balaban J connectivity index is 2.82. The molecule has 1 aromatic carbocycles. The largest absolute Gasteiger partial charge is 0.469 e. The van der Waals surface area contributed by atoms with Crippen molar-refractivity contribution < 1.29 is 22.7 Å². The fourth-order valence-electron chi connectivity index (χ4n) is 1.78. The molecule has 100 valence electrons. The van der Waals surface area contributed by atoms with Gasteiger partial charge < -0.3 is 4.74 Å². The molecule has 0 aliphatic heterocycles. The normalized spacial score (nSPS) is 14.9. The highest BCUT2D eigenvalue weighted by Crippen LogP contribution is 2.35. The van der Waals surface area contributed by atoms with Crippen LogP contribution in [0.3, 0.4) is 0 Å². The van der Waals surface area contributed by atoms with Gasteiger partial charge in [-0.15, -0.1) is 0 Å². The summed E-state index contributed by atoms with van der Waals surface area (Å²) < 4.78 is 42.4. The van der Waals surface area contributed by atoms with Crippen LogP contribution in [0.25, 0.3) is 0 Å². The van der Waals surface area contributed by atoms with E-state index in [-0.39, 0.29) is 12.3 Å². The van der Waals surface area contributed by atoms with Gasteiger partial charge in [0.05, 0.1) is 7.11 Å². The summed E-state index contributed by atoms with van der Waals surface area (Å²) in [5, 5.41) is 0. The maximum absolute atomic E-state index is 12.7. The van der Waals surface area contributed by atoms with Crippen LogP contribution in [0, 0.1) is 5.92 Å². The van der Waals surface area contributed by atoms with Crippen molar-refractivity contribution in [3.05, 3.63) is 35.9 Å². The fraction of sp³-hybridized carbons (Fsp3) is 0.462. The van der Waals surface area contributed by atoms with Gasteiger partial charge in [0.2, 0.25) is 0 Å². The molecule has 0 saturated heterocycles. The van der Waals surface area contributed by atoms with Crippen molar-refractivity contribution >= 4 is 5.97 Å². The fourth-order valence-corrected chi connectivity index (χ4v) is 1.78. The van der Waals surface area contributed by atoms with Crippen LogP contribution < -0.4 is 0 Å². The highest BCUT2D eigenvalue weighted by atomic mass is 19.4. The lowest BCUT2D eigenvalue weighted by Crippen LogP contribution is -2.32. The molecule has 18 heavy (non-hydrogen) atoms. The lowest BCUT2D eigenvalue weighted by molar-refractivity contribution is -0.197. The van der Waals surface area contributed by atoms with E-state index in [0.29, 0.717) is 0 Å². The van der Waals surface area contributed by atoms with Gasteiger partial charge in [0.1, 0.15) is 0 Å². The molecule has 1 aromatic rings. The minimum Gasteiger partial charge on any atom is -0.469 e. The number of benzene rings is 1. The summed E-state index contributed by atoms with van der Waals surface area (Å²) in [6.45, 7) is 1.66. The number of halogens is 3. The smallest absolute Gasteiger partial charge is 0.402 e. The van der Waals surface area contributed by atoms with Gasteiger partial charge in [-0.2, -0.15) is 13.2 Å². The maximum Gasteiger partial charge on any atom is 0.402 e. The summed E-state index contributed by atoms with van der Waals surface area (Å²) in [5.41, 5.74) is 0.774. The summed E-state index contributed by atoms with van der Waals surface area (Å²) in [6, 6.07) is 8.79. The van der Waals surface area contributed by atoms with Gasteiger partial charge in [0.15, 0.2) is 5.92 Å². The quantitative estimate of drug-likeness (QED) is 0.774. The van der Waals surface area contributed by atoms with E-state index in [2.05, 4.69) is 4.74 Å². The van der Waals surface area contributed by atoms with Gasteiger partial charge in [0.25, 0.3) is 0 Å². The number of carbonyl (C=O) groups excluding carboxylic acids is 1. The van der Waals surface area contributed by atoms with Gasteiger partial charge in [-0.3, -0.25) is 4.79 Å². The van der Waals surface area contributed by atoms with Crippen LogP contribution in [0.2, 0.25) is 0 Å². The molecule has 0 radical (unpaired) electrons. The van der Waals surface area contributed by atoms with Crippen molar-refractivity contribution in [2.45, 2.75) is 25.4 Å². The van der Waals surface area contributed by atoms with Crippen molar-refractivity contribution in [2.24, 2.45) is 5.92 Å². The van der Waals surface area contributed by atoms with Crippen LogP contribution in [-0.2, 0) is 9.53 Å². The molecular formula is C13H15F3O2. The van der Waals surface area contributed by atoms with Crippen LogP contribution in [0.15, 0.2) is 30.3 Å². The summed E-state index contributed by atoms with van der Waals surface area (Å²) in [5.74, 6) is -3.67. The van der Waals surface area contributed by atoms with E-state index >= 15 is 0 Å². The third-order valence-electron chi connectivity index (χ3n) is 2.84. The number of carbonyl (C=O) groups is 1. The molecule has 1 rings (SSSR count). The number of esters is 1. The molecule has 0 spiro atoms. The van der Waals surface area contributed by atoms with Crippen molar-refractivity contribution in [3.8, 4) is 0 Å². The molecular weight excluding hydrogens is 245 g/mol. The topological polar surface area (TPSA) is 26.3 Å². The molecule has 0 N–H and O–H groups in total. The predicted octanol–water partition coefficient (Wildman–Crippen LogP) is 3.53. The van der Waals surface area contributed by atoms with E-state index in [1.54, 1.807) is 37.3 Å². The van der Waals surface area contributed by atoms with Gasteiger partial charge in [-0.25, -0.2) is 0 Å². The first kappa shape index (κ1) is 14.5. The Hall–Kier alpha value is -1.52. The highest BCUT2D eigenvalue weighted by Gasteiger charge is 2.46. The first-order valence-corrected chi connectivity index (χ1v) is 5.55. The number of rotatable bonds is 4. The first-order chi connectivity index (χ1) is 8.36. The molecule has 5 heteroatoms. The summed E-state index contributed by atoms with van der Waals surface area (Å²) in [4.78, 5) is 11.2. The van der Waals surface area contributed by atoms with Gasteiger partial charge >= 0.3 is 12.1 Å². The molecule has 2 unspecified atom stereocenters. The number of alkyl halides is 3. The minimum absolute atomic E-state index is 0.305. The van der Waals surface area contributed by atoms with Crippen LogP contribution in [-0.4, -0.2) is 19.3 Å². The molecule has 0 amide bonds. The Labute approximate surface area is 104 Å². The van der Waals surface area contributed by atoms with Crippen LogP contribution in [0.4, 0.5) is 13.2 Å². The van der Waals surface area contributed by atoms with E-state index in [0.717, 1.165) is 12.7 Å². The summed E-state index contributed by atoms with van der Waals surface area (Å²) >= 11 is 0. The Morgan fingerprint density at radius 1 is 1.28 bits per heavy atom. The number of hydrogen-bond donors (Lipinski definition) is 0. The monoisotopic (exact) mass is 260 g/mol. The van der Waals surface area contributed by atoms with Gasteiger partial charge in [-0.1, -0.05) is 37.3 Å². The zero-order chi connectivity index (χ0) is 13.8. The number of hydrogen-bond acceptors (Lipinski definition) is 2. The number of ether oxygens (including phenoxy) is 1. The summed E-state index contributed by atoms with van der Waals surface area (Å²) in [6.07, 6.45) is -4.88. The Bertz CT molecular complexity index is 387. The van der Waals surface area contributed by atoms with E-state index < -0.39 is 18.1 Å². The Morgan fingerprint density at radius 2 is 1.83 bits per heavy atom. The Kier molecular flexibility index (Phi) is 4.76. The molecule has 0 fully saturated rings. The lowest BCUT2D eigenvalue weighted by Gasteiger charge is -2.21. The predicted molar refractivity (Wildman–Crippen MR) is 61.0 cm³/mol. The second kappa shape index (κ2) is 5.89. The van der Waals surface area contributed by atoms with Crippen LogP contribution >= 0.6 is 0 Å². The molecule has 0 aliphatic rings. The number of methoxy groups -OCH3 is 1. The zero-order valence-corrected chi connectivity index (χ0v) is 10.2. The van der Waals surface area contributed by atoms with E-state index in [4.69, 9.17) is 0 Å². The average molecular weight is 260 g/mol. The van der Waals surface area contributed by atoms with Crippen LogP contribution in [0.5, 0.6) is 0 Å². The second-order valence-corrected chi connectivity index (χ2v) is 4.16. The van der Waals surface area contributed by atoms with Crippen molar-refractivity contribution in [3.63, 3.8) is 0 Å². The molecule has 2 atom stereocenters. The van der Waals surface area contributed by atoms with Gasteiger partial charge in [0, 0.05) is 0 Å². The van der Waals surface area contributed by atoms with Crippen molar-refractivity contribution in [2.75, 3.05) is 7.11 Å². The molecule has 0 bridgehead atoms. The second-order valence-electron chi connectivity index (χ2n) is 4.16. The highest BCUT2D eigenvalue weighted by molar-refractivity contribution is 5.73. The lowest BCUT2D eigenvalue weighted by atomic mass is 9.90. The Morgan fingerprint density at radius 3 is 2.28 bits per heavy atom. The average Bonchev–Trinajstić information content (AvgIpc) is 2.34. The van der Waals surface area contributed by atoms with Crippen LogP contribution in [0.1, 0.15) is 24.8 Å². The zero-order valence-electron chi connectivity index (χ0n) is 10.2.